The lowest BCUT2D eigenvalue weighted by Crippen LogP contribution is -2.25. The molecule has 18 heteroatoms. The second-order valence-electron chi connectivity index (χ2n) is 9.94. The van der Waals surface area contributed by atoms with Gasteiger partial charge in [0.1, 0.15) is 16.9 Å². The molecule has 0 radical (unpaired) electrons. The maximum Gasteiger partial charge on any atom is 0.355 e. The molecule has 1 N–H and O–H groups in total. The van der Waals surface area contributed by atoms with Crippen molar-refractivity contribution in [1.82, 2.24) is 14.3 Å². The van der Waals surface area contributed by atoms with E-state index in [-0.39, 0.29) is 62.8 Å². The van der Waals surface area contributed by atoms with Crippen molar-refractivity contribution >= 4 is 46.2 Å². The number of nitrogens with one attached hydrogen (secondary N) is 1. The number of alkyl halides is 3. The van der Waals surface area contributed by atoms with Crippen molar-refractivity contribution in [1.29, 1.82) is 0 Å². The normalized spacial score (nSPS) is 11.7. The number of hydrogen-bond donors (Lipinski definition) is 1. The molecule has 46 heavy (non-hydrogen) atoms. The minimum atomic E-state index is -3.12. The highest BCUT2D eigenvalue weighted by molar-refractivity contribution is 6.32. The molecule has 0 aliphatic heterocycles. The highest BCUT2D eigenvalue weighted by Gasteiger charge is 2.30. The largest absolute Gasteiger partial charge is 0.465 e. The highest BCUT2D eigenvalue weighted by atomic mass is 35.5. The van der Waals surface area contributed by atoms with E-state index in [1.165, 1.54) is 13.0 Å². The third-order valence-electron chi connectivity index (χ3n) is 6.97. The third kappa shape index (κ3) is 8.75. The summed E-state index contributed by atoms with van der Waals surface area (Å²) in [6.07, 6.45) is 1.35. The van der Waals surface area contributed by atoms with Crippen LogP contribution >= 0.6 is 23.2 Å². The van der Waals surface area contributed by atoms with E-state index in [0.29, 0.717) is 15.8 Å². The summed E-state index contributed by atoms with van der Waals surface area (Å²) in [5.74, 6) is -1.92. The lowest BCUT2D eigenvalue weighted by molar-refractivity contribution is -0.392. The quantitative estimate of drug-likeness (QED) is 0.0914. The second kappa shape index (κ2) is 16.4. The van der Waals surface area contributed by atoms with Crippen LogP contribution in [0.1, 0.15) is 62.7 Å². The summed E-state index contributed by atoms with van der Waals surface area (Å²) in [5.41, 5.74) is -0.811. The zero-order valence-electron chi connectivity index (χ0n) is 25.8. The van der Waals surface area contributed by atoms with E-state index in [1.54, 1.807) is 20.8 Å². The van der Waals surface area contributed by atoms with Gasteiger partial charge in [-0.2, -0.15) is 13.5 Å². The molecule has 2 aromatic carbocycles. The molecule has 0 fully saturated rings. The minimum absolute atomic E-state index is 0.0109. The van der Waals surface area contributed by atoms with Gasteiger partial charge in [0.15, 0.2) is 11.5 Å². The van der Waals surface area contributed by atoms with Crippen LogP contribution in [0.2, 0.25) is 5.02 Å². The first kappa shape index (κ1) is 38.0. The summed E-state index contributed by atoms with van der Waals surface area (Å²) >= 11 is 11.9. The zero-order valence-corrected chi connectivity index (χ0v) is 27.3. The van der Waals surface area contributed by atoms with Gasteiger partial charge >= 0.3 is 23.9 Å². The van der Waals surface area contributed by atoms with E-state index < -0.39 is 39.2 Å². The lowest BCUT2D eigenvalue weighted by atomic mass is 10.0. The van der Waals surface area contributed by atoms with Crippen molar-refractivity contribution in [3.05, 3.63) is 82.3 Å². The molecule has 1 unspecified atom stereocenters. The van der Waals surface area contributed by atoms with Crippen LogP contribution in [0, 0.1) is 46.8 Å². The summed E-state index contributed by atoms with van der Waals surface area (Å²) in [5, 5.41) is 27.9. The summed E-state index contributed by atoms with van der Waals surface area (Å²) in [6.45, 7) is 6.91. The van der Waals surface area contributed by atoms with Gasteiger partial charge in [0.2, 0.25) is 0 Å². The predicted octanol–water partition coefficient (Wildman–Crippen LogP) is 6.96. The van der Waals surface area contributed by atoms with Crippen LogP contribution < -0.4 is 11.0 Å². The van der Waals surface area contributed by atoms with E-state index in [4.69, 9.17) is 27.9 Å². The molecule has 0 saturated carbocycles. The van der Waals surface area contributed by atoms with Crippen LogP contribution in [0.3, 0.4) is 0 Å². The SMILES string of the molecule is CCC(CC)Nc1c([N+](=O)[O-])cc(C)c(C)c1[N+](=O)[O-].CCOC(=O)C(Cl)Cc1cc(-n2nc(C)n(C(F)F)c2=O)c(F)cc1Cl. The molecule has 3 rings (SSSR count). The van der Waals surface area contributed by atoms with Crippen molar-refractivity contribution in [2.45, 2.75) is 78.8 Å². The molecule has 0 aliphatic rings. The maximum absolute atomic E-state index is 14.2. The Morgan fingerprint density at radius 3 is 2.17 bits per heavy atom. The van der Waals surface area contributed by atoms with E-state index in [1.807, 2.05) is 13.8 Å². The first-order valence-corrected chi connectivity index (χ1v) is 14.8. The Hall–Kier alpha value is -4.18. The van der Waals surface area contributed by atoms with Gasteiger partial charge in [-0.1, -0.05) is 25.4 Å². The Labute approximate surface area is 271 Å². The summed E-state index contributed by atoms with van der Waals surface area (Å²) in [4.78, 5) is 45.0. The first-order valence-electron chi connectivity index (χ1n) is 13.9. The van der Waals surface area contributed by atoms with Gasteiger partial charge in [0, 0.05) is 29.1 Å². The smallest absolute Gasteiger partial charge is 0.355 e. The monoisotopic (exact) mass is 692 g/mol. The van der Waals surface area contributed by atoms with Gasteiger partial charge in [0.05, 0.1) is 16.5 Å². The van der Waals surface area contributed by atoms with Crippen LogP contribution in [0.15, 0.2) is 23.0 Å². The van der Waals surface area contributed by atoms with Crippen molar-refractivity contribution < 1.29 is 32.5 Å². The molecule has 252 valence electrons. The number of aryl methyl sites for hydroxylation is 2. The zero-order chi connectivity index (χ0) is 35.0. The number of carbonyl (C=O) groups excluding carboxylic acids is 1. The number of hydrogen-bond acceptors (Lipinski definition) is 9. The summed E-state index contributed by atoms with van der Waals surface area (Å²) in [7, 11) is 0. The van der Waals surface area contributed by atoms with E-state index in [9.17, 15) is 43.0 Å². The van der Waals surface area contributed by atoms with Crippen LogP contribution in [0.5, 0.6) is 0 Å². The number of benzene rings is 2. The second-order valence-corrected chi connectivity index (χ2v) is 10.9. The molecule has 1 atom stereocenters. The van der Waals surface area contributed by atoms with Crippen molar-refractivity contribution in [3.8, 4) is 5.69 Å². The Kier molecular flexibility index (Phi) is 13.6. The molecule has 0 aliphatic carbocycles. The fraction of sp³-hybridized carbons (Fsp3) is 0.464. The summed E-state index contributed by atoms with van der Waals surface area (Å²) < 4.78 is 45.5. The average molecular weight is 694 g/mol. The van der Waals surface area contributed by atoms with Gasteiger partial charge in [0.25, 0.3) is 5.69 Å². The van der Waals surface area contributed by atoms with Crippen molar-refractivity contribution in [2.24, 2.45) is 0 Å². The molecule has 13 nitrogen and oxygen atoms in total. The molecule has 0 bridgehead atoms. The first-order chi connectivity index (χ1) is 21.5. The number of nitro benzene ring substituents is 2. The van der Waals surface area contributed by atoms with Gasteiger partial charge in [-0.25, -0.2) is 13.8 Å². The number of halogens is 5. The Balaban J connectivity index is 0.000000332. The van der Waals surface area contributed by atoms with Gasteiger partial charge in [-0.05, 0) is 63.8 Å². The maximum atomic E-state index is 14.2. The highest BCUT2D eigenvalue weighted by Crippen LogP contribution is 2.39. The number of nitrogens with zero attached hydrogens (tertiary/aromatic N) is 5. The number of aromatic nitrogens is 3. The molecule has 3 aromatic rings. The fourth-order valence-corrected chi connectivity index (χ4v) is 4.82. The number of ether oxygens (including phenoxy) is 1. The molecule has 0 saturated heterocycles. The van der Waals surface area contributed by atoms with Crippen LogP contribution in [-0.4, -0.2) is 48.2 Å². The van der Waals surface area contributed by atoms with Crippen LogP contribution in [-0.2, 0) is 16.0 Å². The van der Waals surface area contributed by atoms with Gasteiger partial charge < -0.3 is 10.1 Å². The predicted molar refractivity (Wildman–Crippen MR) is 166 cm³/mol. The van der Waals surface area contributed by atoms with Crippen molar-refractivity contribution in [2.75, 3.05) is 11.9 Å². The van der Waals surface area contributed by atoms with E-state index in [0.717, 1.165) is 25.0 Å². The molecule has 1 heterocycles. The van der Waals surface area contributed by atoms with E-state index in [2.05, 4.69) is 10.4 Å². The number of rotatable bonds is 12. The Morgan fingerprint density at radius 1 is 1.09 bits per heavy atom. The third-order valence-corrected chi connectivity index (χ3v) is 7.65. The lowest BCUT2D eigenvalue weighted by Gasteiger charge is -2.17. The average Bonchev–Trinajstić information content (AvgIpc) is 3.27. The number of nitro groups is 2. The van der Waals surface area contributed by atoms with Crippen LogP contribution in [0.4, 0.5) is 30.2 Å². The standard InChI is InChI=1S/C15H14Cl2F3N3O3.C13H19N3O4/c1-3-26-13(24)10(17)4-8-5-12(11(18)6-9(8)16)23-15(25)22(14(19)20)7(2)21-23;1-5-10(6-2)14-12-11(15(17)18)7-8(3)9(4)13(12)16(19)20/h5-6,10,14H,3-4H2,1-2H3;7,10,14H,5-6H2,1-4H3. The van der Waals surface area contributed by atoms with Crippen molar-refractivity contribution in [3.63, 3.8) is 0 Å². The van der Waals surface area contributed by atoms with Gasteiger partial charge in [-0.15, -0.1) is 16.7 Å². The Bertz CT molecular complexity index is 1660. The minimum Gasteiger partial charge on any atom is -0.465 e. The molecule has 0 amide bonds. The molecular weight excluding hydrogens is 660 g/mol. The number of anilines is 1. The van der Waals surface area contributed by atoms with E-state index >= 15 is 0 Å². The summed E-state index contributed by atoms with van der Waals surface area (Å²) in [6, 6.07) is 3.38. The van der Waals surface area contributed by atoms with Crippen LogP contribution in [0.25, 0.3) is 5.69 Å². The topological polar surface area (TPSA) is 164 Å². The molecular formula is C28H33Cl2F3N6O7. The van der Waals surface area contributed by atoms with Gasteiger partial charge in [-0.3, -0.25) is 25.0 Å². The molecule has 0 spiro atoms. The number of carbonyl (C=O) groups is 1. The number of esters is 1. The molecule has 1 aromatic heterocycles. The fourth-order valence-electron chi connectivity index (χ4n) is 4.36. The Morgan fingerprint density at radius 2 is 1.70 bits per heavy atom.